The van der Waals surface area contributed by atoms with Crippen LogP contribution in [0.3, 0.4) is 0 Å². The second-order valence-corrected chi connectivity index (χ2v) is 12.5. The number of phosphoric acid groups is 1. The van der Waals surface area contributed by atoms with Gasteiger partial charge in [-0.1, -0.05) is 0 Å². The molecule has 6 N–H and O–H groups in total. The minimum Gasteiger partial charge on any atom is -0.437 e. The Kier molecular flexibility index (Phi) is 8.03. The fourth-order valence-electron chi connectivity index (χ4n) is 3.38. The van der Waals surface area contributed by atoms with Crippen LogP contribution in [0.4, 0.5) is 5.82 Å². The molecule has 2 aliphatic rings. The van der Waals surface area contributed by atoms with Crippen LogP contribution in [0.15, 0.2) is 6.33 Å². The highest BCUT2D eigenvalue weighted by molar-refractivity contribution is 7.48. The first kappa shape index (κ1) is 30.0. The van der Waals surface area contributed by atoms with Crippen LogP contribution in [0, 0.1) is 10.8 Å². The number of primary amides is 1. The van der Waals surface area contributed by atoms with Crippen molar-refractivity contribution in [2.45, 2.75) is 71.7 Å². The van der Waals surface area contributed by atoms with E-state index in [1.165, 1.54) is 0 Å². The molecular weight excluding hydrogens is 531 g/mol. The molecule has 214 valence electrons. The number of carbonyl (C=O) groups excluding carboxylic acids is 3. The Labute approximate surface area is 218 Å². The lowest BCUT2D eigenvalue weighted by Gasteiger charge is -2.26. The van der Waals surface area contributed by atoms with Gasteiger partial charge in [0.05, 0.1) is 17.2 Å². The number of aromatic nitrogens is 2. The van der Waals surface area contributed by atoms with Gasteiger partial charge in [0.2, 0.25) is 13.6 Å². The number of carbonyl (C=O) groups is 3. The predicted octanol–water partition coefficient (Wildman–Crippen LogP) is 0.187. The number of nitrogens with two attached hydrogens (primary N) is 2. The summed E-state index contributed by atoms with van der Waals surface area (Å²) in [5.74, 6) is -2.48. The van der Waals surface area contributed by atoms with Gasteiger partial charge in [-0.25, -0.2) is 18.6 Å². The van der Waals surface area contributed by atoms with Crippen LogP contribution in [-0.2, 0) is 41.9 Å². The van der Waals surface area contributed by atoms with E-state index in [2.05, 4.69) is 4.98 Å². The molecular formula is C21H33N4O12P. The highest BCUT2D eigenvalue weighted by Gasteiger charge is 2.79. The number of imidazole rings is 1. The molecule has 1 aromatic rings. The predicted molar refractivity (Wildman–Crippen MR) is 126 cm³/mol. The molecule has 1 saturated heterocycles. The first-order chi connectivity index (χ1) is 17.3. The summed E-state index contributed by atoms with van der Waals surface area (Å²) in [6.07, 6.45) is -4.56. The third-order valence-electron chi connectivity index (χ3n) is 5.72. The Morgan fingerprint density at radius 2 is 1.61 bits per heavy atom. The standard InChI is InChI=1S/C21H33N4O12P/c1-19(2,3)17(28)32-8-34-38(31,35-9-33-18(29)20(4,5)6)37-13-12-21(13,30)11(26)16(36-12)25-7-24-10(14(25)22)15(23)27/h7,11-13,16,26,30H,8-9,22H2,1-6H3,(H2,23,27)/t11-,12+,13?,16+,21-/m0/s1. The molecule has 0 aromatic carbocycles. The number of hydrogen-bond acceptors (Lipinski definition) is 14. The number of aliphatic hydroxyl groups is 2. The average molecular weight is 564 g/mol. The number of hydrogen-bond donors (Lipinski definition) is 4. The number of rotatable bonds is 10. The van der Waals surface area contributed by atoms with Crippen molar-refractivity contribution in [1.29, 1.82) is 0 Å². The topological polar surface area (TPSA) is 234 Å². The maximum Gasteiger partial charge on any atom is 0.481 e. The molecule has 1 aliphatic heterocycles. The summed E-state index contributed by atoms with van der Waals surface area (Å²) in [6, 6.07) is 0. The zero-order valence-corrected chi connectivity index (χ0v) is 22.7. The smallest absolute Gasteiger partial charge is 0.437 e. The van der Waals surface area contributed by atoms with E-state index in [-0.39, 0.29) is 11.5 Å². The molecule has 1 unspecified atom stereocenters. The van der Waals surface area contributed by atoms with Gasteiger partial charge in [-0.05, 0) is 41.5 Å². The van der Waals surface area contributed by atoms with E-state index >= 15 is 0 Å². The van der Waals surface area contributed by atoms with E-state index in [1.54, 1.807) is 41.5 Å². The number of nitrogens with zero attached hydrogens (tertiary/aromatic N) is 2. The van der Waals surface area contributed by atoms with E-state index in [4.69, 9.17) is 39.2 Å². The van der Waals surface area contributed by atoms with Gasteiger partial charge in [0.25, 0.3) is 5.91 Å². The number of amides is 1. The summed E-state index contributed by atoms with van der Waals surface area (Å²) in [7, 11) is -4.67. The van der Waals surface area contributed by atoms with Crippen molar-refractivity contribution in [3.63, 3.8) is 0 Å². The van der Waals surface area contributed by atoms with Gasteiger partial charge in [0, 0.05) is 0 Å². The van der Waals surface area contributed by atoms with Crippen LogP contribution < -0.4 is 11.5 Å². The van der Waals surface area contributed by atoms with Crippen molar-refractivity contribution in [2.75, 3.05) is 19.3 Å². The second-order valence-electron chi connectivity index (χ2n) is 10.9. The van der Waals surface area contributed by atoms with Gasteiger partial charge in [-0.15, -0.1) is 0 Å². The molecule has 38 heavy (non-hydrogen) atoms. The van der Waals surface area contributed by atoms with Gasteiger partial charge in [0.1, 0.15) is 24.1 Å². The summed E-state index contributed by atoms with van der Waals surface area (Å²) in [5, 5.41) is 21.7. The molecule has 0 bridgehead atoms. The van der Waals surface area contributed by atoms with Crippen molar-refractivity contribution in [1.82, 2.24) is 9.55 Å². The lowest BCUT2D eigenvalue weighted by atomic mass is 9.98. The molecule has 3 rings (SSSR count). The Hall–Kier alpha value is -2.59. The summed E-state index contributed by atoms with van der Waals surface area (Å²) >= 11 is 0. The number of phosphoric ester groups is 1. The maximum absolute atomic E-state index is 13.3. The SMILES string of the molecule is CC(C)(C)C(=O)OCOP(=O)(OCOC(=O)C(C)(C)C)OC1[C@H]2O[C@@H](n3cnc(C(N)=O)c3N)[C@H](O)[C@@]12O. The van der Waals surface area contributed by atoms with E-state index in [0.717, 1.165) is 10.9 Å². The van der Waals surface area contributed by atoms with Crippen molar-refractivity contribution in [3.05, 3.63) is 12.0 Å². The zero-order valence-electron chi connectivity index (χ0n) is 21.8. The van der Waals surface area contributed by atoms with E-state index in [0.29, 0.717) is 0 Å². The summed E-state index contributed by atoms with van der Waals surface area (Å²) < 4.78 is 45.3. The summed E-state index contributed by atoms with van der Waals surface area (Å²) in [4.78, 5) is 39.2. The van der Waals surface area contributed by atoms with Crippen molar-refractivity contribution in [3.8, 4) is 0 Å². The third kappa shape index (κ3) is 5.86. The lowest BCUT2D eigenvalue weighted by Crippen LogP contribution is -2.37. The maximum atomic E-state index is 13.3. The second kappa shape index (κ2) is 10.2. The fraction of sp³-hybridized carbons (Fsp3) is 0.714. The van der Waals surface area contributed by atoms with Gasteiger partial charge >= 0.3 is 19.8 Å². The number of nitrogen functional groups attached to an aromatic ring is 1. The molecule has 5 atom stereocenters. The molecule has 1 saturated carbocycles. The Bertz CT molecular complexity index is 1110. The minimum atomic E-state index is -4.67. The molecule has 17 heteroatoms. The van der Waals surface area contributed by atoms with Gasteiger partial charge in [-0.3, -0.25) is 23.5 Å². The Morgan fingerprint density at radius 3 is 1.97 bits per heavy atom. The number of aliphatic hydroxyl groups excluding tert-OH is 1. The highest BCUT2D eigenvalue weighted by atomic mass is 31.2. The van der Waals surface area contributed by atoms with Crippen LogP contribution in [0.5, 0.6) is 0 Å². The van der Waals surface area contributed by atoms with Gasteiger partial charge in [0.15, 0.2) is 17.5 Å². The third-order valence-corrected chi connectivity index (χ3v) is 7.04. The average Bonchev–Trinajstić information content (AvgIpc) is 3.03. The van der Waals surface area contributed by atoms with Gasteiger partial charge < -0.3 is 35.9 Å². The molecule has 0 radical (unpaired) electrons. The summed E-state index contributed by atoms with van der Waals surface area (Å²) in [6.45, 7) is 7.81. The van der Waals surface area contributed by atoms with Crippen LogP contribution in [-0.4, -0.2) is 75.1 Å². The first-order valence-corrected chi connectivity index (χ1v) is 12.9. The van der Waals surface area contributed by atoms with Crippen molar-refractivity contribution in [2.24, 2.45) is 16.6 Å². The molecule has 2 fully saturated rings. The Morgan fingerprint density at radius 1 is 1.11 bits per heavy atom. The van der Waals surface area contributed by atoms with Crippen LogP contribution in [0.1, 0.15) is 58.3 Å². The van der Waals surface area contributed by atoms with Crippen molar-refractivity contribution < 1.29 is 56.9 Å². The van der Waals surface area contributed by atoms with E-state index in [1.807, 2.05) is 0 Å². The Balaban J connectivity index is 1.70. The van der Waals surface area contributed by atoms with Crippen LogP contribution in [0.25, 0.3) is 0 Å². The monoisotopic (exact) mass is 564 g/mol. The largest absolute Gasteiger partial charge is 0.481 e. The molecule has 1 aromatic heterocycles. The lowest BCUT2D eigenvalue weighted by molar-refractivity contribution is -0.164. The van der Waals surface area contributed by atoms with Crippen LogP contribution in [0.2, 0.25) is 0 Å². The van der Waals surface area contributed by atoms with E-state index in [9.17, 15) is 29.2 Å². The summed E-state index contributed by atoms with van der Waals surface area (Å²) in [5.41, 5.74) is 6.88. The number of fused-ring (bicyclic) bond motifs is 1. The molecule has 1 aliphatic carbocycles. The number of ether oxygens (including phenoxy) is 3. The first-order valence-electron chi connectivity index (χ1n) is 11.4. The van der Waals surface area contributed by atoms with Gasteiger partial charge in [-0.2, -0.15) is 0 Å². The number of anilines is 1. The quantitative estimate of drug-likeness (QED) is 0.169. The highest BCUT2D eigenvalue weighted by Crippen LogP contribution is 2.62. The fourth-order valence-corrected chi connectivity index (χ4v) is 4.50. The normalized spacial score (nSPS) is 27.1. The molecule has 0 spiro atoms. The van der Waals surface area contributed by atoms with Crippen molar-refractivity contribution >= 4 is 31.5 Å². The zero-order chi connectivity index (χ0) is 28.8. The molecule has 16 nitrogen and oxygen atoms in total. The van der Waals surface area contributed by atoms with E-state index < -0.39 is 80.2 Å². The van der Waals surface area contributed by atoms with Crippen LogP contribution >= 0.6 is 7.82 Å². The minimum absolute atomic E-state index is 0.206. The molecule has 1 amide bonds. The number of esters is 2. The molecule has 2 heterocycles.